The molecule has 0 bridgehead atoms. The molecule has 1 aromatic heterocycles. The number of nitrogens with zero attached hydrogens (tertiary/aromatic N) is 3. The van der Waals surface area contributed by atoms with Gasteiger partial charge in [-0.25, -0.2) is 0 Å². The van der Waals surface area contributed by atoms with Gasteiger partial charge in [0.05, 0.1) is 18.0 Å². The van der Waals surface area contributed by atoms with E-state index in [0.717, 1.165) is 49.8 Å². The molecule has 5 heteroatoms. The third-order valence-corrected chi connectivity index (χ3v) is 3.76. The highest BCUT2D eigenvalue weighted by Gasteiger charge is 2.21. The van der Waals surface area contributed by atoms with Crippen LogP contribution in [0.1, 0.15) is 31.9 Å². The van der Waals surface area contributed by atoms with Gasteiger partial charge in [0.2, 0.25) is 0 Å². The summed E-state index contributed by atoms with van der Waals surface area (Å²) in [5, 5.41) is 4.53. The summed E-state index contributed by atoms with van der Waals surface area (Å²) in [6.07, 6.45) is 4.42. The van der Waals surface area contributed by atoms with Gasteiger partial charge in [-0.05, 0) is 25.2 Å². The van der Waals surface area contributed by atoms with Crippen molar-refractivity contribution in [3.63, 3.8) is 0 Å². The Labute approximate surface area is 115 Å². The number of rotatable bonds is 5. The first-order valence-corrected chi connectivity index (χ1v) is 7.23. The first kappa shape index (κ1) is 14.2. The van der Waals surface area contributed by atoms with Crippen LogP contribution in [0.15, 0.2) is 0 Å². The summed E-state index contributed by atoms with van der Waals surface area (Å²) in [6, 6.07) is 0. The zero-order chi connectivity index (χ0) is 13.8. The van der Waals surface area contributed by atoms with Crippen LogP contribution in [0.2, 0.25) is 0 Å². The van der Waals surface area contributed by atoms with E-state index in [1.54, 1.807) is 0 Å². The Hall–Kier alpha value is -1.23. The van der Waals surface area contributed by atoms with Gasteiger partial charge >= 0.3 is 0 Å². The van der Waals surface area contributed by atoms with Crippen LogP contribution in [-0.4, -0.2) is 36.6 Å². The van der Waals surface area contributed by atoms with E-state index in [0.29, 0.717) is 5.92 Å². The van der Waals surface area contributed by atoms with Crippen molar-refractivity contribution in [1.82, 2.24) is 9.78 Å². The lowest BCUT2D eigenvalue weighted by molar-refractivity contribution is 0.0575. The highest BCUT2D eigenvalue weighted by Crippen LogP contribution is 2.27. The minimum absolute atomic E-state index is 0.600. The zero-order valence-electron chi connectivity index (χ0n) is 12.4. The van der Waals surface area contributed by atoms with Crippen molar-refractivity contribution in [2.45, 2.75) is 32.6 Å². The Balaban J connectivity index is 2.07. The van der Waals surface area contributed by atoms with Gasteiger partial charge in [-0.2, -0.15) is 5.10 Å². The summed E-state index contributed by atoms with van der Waals surface area (Å²) >= 11 is 0. The molecule has 0 aliphatic carbocycles. The average Bonchev–Trinajstić information content (AvgIpc) is 2.66. The Morgan fingerprint density at radius 2 is 2.32 bits per heavy atom. The predicted octanol–water partition coefficient (Wildman–Crippen LogP) is 1.82. The molecule has 2 N–H and O–H groups in total. The van der Waals surface area contributed by atoms with Crippen molar-refractivity contribution in [1.29, 1.82) is 0 Å². The molecule has 1 atom stereocenters. The first-order valence-electron chi connectivity index (χ1n) is 7.23. The fraction of sp³-hybridized carbons (Fsp3) is 0.786. The van der Waals surface area contributed by atoms with Crippen molar-refractivity contribution < 1.29 is 4.74 Å². The molecule has 1 aliphatic rings. The fourth-order valence-electron chi connectivity index (χ4n) is 2.88. The van der Waals surface area contributed by atoms with E-state index >= 15 is 0 Å². The molecule has 5 nitrogen and oxygen atoms in total. The van der Waals surface area contributed by atoms with E-state index in [2.05, 4.69) is 24.0 Å². The molecule has 0 saturated carbocycles. The third kappa shape index (κ3) is 3.21. The van der Waals surface area contributed by atoms with Crippen LogP contribution in [0.5, 0.6) is 0 Å². The average molecular weight is 266 g/mol. The molecule has 1 unspecified atom stereocenters. The quantitative estimate of drug-likeness (QED) is 0.883. The van der Waals surface area contributed by atoms with Gasteiger partial charge in [-0.1, -0.05) is 13.3 Å². The maximum absolute atomic E-state index is 6.24. The molecular formula is C14H26N4O. The van der Waals surface area contributed by atoms with E-state index in [4.69, 9.17) is 10.5 Å². The highest BCUT2D eigenvalue weighted by atomic mass is 16.5. The molecule has 2 rings (SSSR count). The first-order chi connectivity index (χ1) is 9.13. The zero-order valence-corrected chi connectivity index (χ0v) is 12.4. The third-order valence-electron chi connectivity index (χ3n) is 3.76. The van der Waals surface area contributed by atoms with Gasteiger partial charge in [0.25, 0.3) is 0 Å². The predicted molar refractivity (Wildman–Crippen MR) is 78.4 cm³/mol. The minimum atomic E-state index is 0.600. The number of nitrogen functional groups attached to an aromatic ring is 1. The standard InChI is InChI=1S/C14H26N4O/c1-4-6-12-13(15)14(18(3)16-12)17(2)9-11-7-5-8-19-10-11/h11H,4-10,15H2,1-3H3. The lowest BCUT2D eigenvalue weighted by Crippen LogP contribution is -2.32. The Bertz CT molecular complexity index is 410. The summed E-state index contributed by atoms with van der Waals surface area (Å²) < 4.78 is 7.45. The fourth-order valence-corrected chi connectivity index (χ4v) is 2.88. The second-order valence-electron chi connectivity index (χ2n) is 5.52. The Morgan fingerprint density at radius 1 is 1.53 bits per heavy atom. The summed E-state index contributed by atoms with van der Waals surface area (Å²) in [6.45, 7) is 4.91. The maximum Gasteiger partial charge on any atom is 0.150 e. The van der Waals surface area contributed by atoms with Crippen LogP contribution in [0, 0.1) is 5.92 Å². The van der Waals surface area contributed by atoms with Crippen molar-refractivity contribution in [3.8, 4) is 0 Å². The number of anilines is 2. The number of aromatic nitrogens is 2. The van der Waals surface area contributed by atoms with Crippen LogP contribution in [0.25, 0.3) is 0 Å². The topological polar surface area (TPSA) is 56.3 Å². The SMILES string of the molecule is CCCc1nn(C)c(N(C)CC2CCCOC2)c1N. The monoisotopic (exact) mass is 266 g/mol. The number of hydrogen-bond acceptors (Lipinski definition) is 4. The normalized spacial score (nSPS) is 19.6. The molecule has 19 heavy (non-hydrogen) atoms. The molecule has 0 spiro atoms. The lowest BCUT2D eigenvalue weighted by Gasteiger charge is -2.28. The molecule has 108 valence electrons. The lowest BCUT2D eigenvalue weighted by atomic mass is 10.0. The molecule has 1 aromatic rings. The number of ether oxygens (including phenoxy) is 1. The van der Waals surface area contributed by atoms with Gasteiger partial charge in [0.1, 0.15) is 5.82 Å². The molecule has 1 fully saturated rings. The maximum atomic E-state index is 6.24. The largest absolute Gasteiger partial charge is 0.394 e. The smallest absolute Gasteiger partial charge is 0.150 e. The molecule has 1 saturated heterocycles. The van der Waals surface area contributed by atoms with E-state index in [-0.39, 0.29) is 0 Å². The van der Waals surface area contributed by atoms with Gasteiger partial charge in [-0.3, -0.25) is 4.68 Å². The summed E-state index contributed by atoms with van der Waals surface area (Å²) in [4.78, 5) is 2.22. The Morgan fingerprint density at radius 3 is 2.95 bits per heavy atom. The van der Waals surface area contributed by atoms with Gasteiger partial charge in [0, 0.05) is 27.2 Å². The molecule has 0 amide bonds. The van der Waals surface area contributed by atoms with Gasteiger partial charge < -0.3 is 15.4 Å². The number of hydrogen-bond donors (Lipinski definition) is 1. The second kappa shape index (κ2) is 6.28. The van der Waals surface area contributed by atoms with Crippen molar-refractivity contribution in [3.05, 3.63) is 5.69 Å². The summed E-state index contributed by atoms with van der Waals surface area (Å²) in [7, 11) is 4.07. The van der Waals surface area contributed by atoms with E-state index < -0.39 is 0 Å². The van der Waals surface area contributed by atoms with Gasteiger partial charge in [-0.15, -0.1) is 0 Å². The van der Waals surface area contributed by atoms with Crippen molar-refractivity contribution in [2.24, 2.45) is 13.0 Å². The minimum Gasteiger partial charge on any atom is -0.394 e. The van der Waals surface area contributed by atoms with E-state index in [1.165, 1.54) is 12.8 Å². The molecule has 0 radical (unpaired) electrons. The van der Waals surface area contributed by atoms with Crippen LogP contribution in [0.4, 0.5) is 11.5 Å². The second-order valence-corrected chi connectivity index (χ2v) is 5.52. The van der Waals surface area contributed by atoms with Crippen LogP contribution in [0.3, 0.4) is 0 Å². The number of aryl methyl sites for hydroxylation is 2. The van der Waals surface area contributed by atoms with Crippen LogP contribution in [-0.2, 0) is 18.2 Å². The van der Waals surface area contributed by atoms with Crippen LogP contribution < -0.4 is 10.6 Å². The van der Waals surface area contributed by atoms with Crippen LogP contribution >= 0.6 is 0 Å². The molecular weight excluding hydrogens is 240 g/mol. The molecule has 2 heterocycles. The van der Waals surface area contributed by atoms with Crippen molar-refractivity contribution >= 4 is 11.5 Å². The number of nitrogens with two attached hydrogens (primary N) is 1. The molecule has 0 aromatic carbocycles. The van der Waals surface area contributed by atoms with E-state index in [1.807, 2.05) is 11.7 Å². The highest BCUT2D eigenvalue weighted by molar-refractivity contribution is 5.66. The summed E-state index contributed by atoms with van der Waals surface area (Å²) in [5.74, 6) is 1.64. The van der Waals surface area contributed by atoms with Gasteiger partial charge in [0.15, 0.2) is 0 Å². The molecule has 1 aliphatic heterocycles. The summed E-state index contributed by atoms with van der Waals surface area (Å²) in [5.41, 5.74) is 8.10. The van der Waals surface area contributed by atoms with Crippen molar-refractivity contribution in [2.75, 3.05) is 37.4 Å². The Kier molecular flexibility index (Phi) is 4.69. The van der Waals surface area contributed by atoms with E-state index in [9.17, 15) is 0 Å².